The molecule has 0 bridgehead atoms. The zero-order valence-corrected chi connectivity index (χ0v) is 16.1. The first-order valence-corrected chi connectivity index (χ1v) is 10.7. The van der Waals surface area contributed by atoms with Gasteiger partial charge in [-0.15, -0.1) is 11.3 Å². The van der Waals surface area contributed by atoms with Crippen LogP contribution in [0.2, 0.25) is 0 Å². The molecule has 3 rings (SSSR count). The summed E-state index contributed by atoms with van der Waals surface area (Å²) < 4.78 is 27.0. The van der Waals surface area contributed by atoms with E-state index in [4.69, 9.17) is 4.98 Å². The van der Waals surface area contributed by atoms with Crippen LogP contribution in [0.4, 0.5) is 0 Å². The fourth-order valence-corrected chi connectivity index (χ4v) is 5.24. The Kier molecular flexibility index (Phi) is 4.82. The third-order valence-corrected chi connectivity index (χ3v) is 7.43. The molecule has 0 spiro atoms. The van der Waals surface area contributed by atoms with E-state index >= 15 is 0 Å². The number of aromatic nitrogens is 1. The highest BCUT2D eigenvalue weighted by molar-refractivity contribution is 7.89. The Labute approximate surface area is 148 Å². The molecule has 1 aliphatic heterocycles. The van der Waals surface area contributed by atoms with Gasteiger partial charge in [0.05, 0.1) is 15.6 Å². The second-order valence-electron chi connectivity index (χ2n) is 7.28. The number of piperidine rings is 1. The fraction of sp³-hybridized carbons (Fsp3) is 0.500. The quantitative estimate of drug-likeness (QED) is 0.817. The van der Waals surface area contributed by atoms with Crippen molar-refractivity contribution in [3.05, 3.63) is 34.7 Å². The van der Waals surface area contributed by atoms with Crippen LogP contribution >= 0.6 is 11.3 Å². The molecule has 1 saturated heterocycles. The lowest BCUT2D eigenvalue weighted by Crippen LogP contribution is -2.35. The standard InChI is InChI=1S/C18H24N2O2S2/c1-18(2,3)17-19-16(13-23-17)14-7-9-15(10-8-14)24(21,22)20-11-5-4-6-12-20/h7-10,13H,4-6,11-12H2,1-3H3. The summed E-state index contributed by atoms with van der Waals surface area (Å²) in [5.74, 6) is 0. The molecule has 24 heavy (non-hydrogen) atoms. The van der Waals surface area contributed by atoms with Crippen LogP contribution in [0.25, 0.3) is 11.3 Å². The maximum Gasteiger partial charge on any atom is 0.243 e. The SMILES string of the molecule is CC(C)(C)c1nc(-c2ccc(S(=O)(=O)N3CCCCC3)cc2)cs1. The van der Waals surface area contributed by atoms with Crippen molar-refractivity contribution >= 4 is 21.4 Å². The van der Waals surface area contributed by atoms with Crippen molar-refractivity contribution < 1.29 is 8.42 Å². The number of hydrogen-bond acceptors (Lipinski definition) is 4. The molecule has 0 unspecified atom stereocenters. The molecule has 2 heterocycles. The van der Waals surface area contributed by atoms with E-state index in [-0.39, 0.29) is 5.41 Å². The van der Waals surface area contributed by atoms with E-state index in [2.05, 4.69) is 20.8 Å². The molecule has 130 valence electrons. The van der Waals surface area contributed by atoms with Crippen LogP contribution in [0.3, 0.4) is 0 Å². The Morgan fingerprint density at radius 1 is 1.04 bits per heavy atom. The molecule has 0 saturated carbocycles. The van der Waals surface area contributed by atoms with E-state index in [1.807, 2.05) is 17.5 Å². The van der Waals surface area contributed by atoms with Gasteiger partial charge in [-0.3, -0.25) is 0 Å². The number of thiazole rings is 1. The molecule has 1 aliphatic rings. The third-order valence-electron chi connectivity index (χ3n) is 4.25. The minimum absolute atomic E-state index is 0.0282. The first-order chi connectivity index (χ1) is 11.3. The average molecular weight is 365 g/mol. The van der Waals surface area contributed by atoms with Crippen LogP contribution in [0, 0.1) is 0 Å². The number of benzene rings is 1. The van der Waals surface area contributed by atoms with Crippen LogP contribution in [-0.4, -0.2) is 30.8 Å². The van der Waals surface area contributed by atoms with Crippen molar-refractivity contribution in [1.29, 1.82) is 0 Å². The summed E-state index contributed by atoms with van der Waals surface area (Å²) in [5.41, 5.74) is 1.90. The average Bonchev–Trinajstić information content (AvgIpc) is 3.06. The highest BCUT2D eigenvalue weighted by atomic mass is 32.2. The molecule has 0 atom stereocenters. The van der Waals surface area contributed by atoms with Crippen molar-refractivity contribution in [3.8, 4) is 11.3 Å². The van der Waals surface area contributed by atoms with E-state index in [0.717, 1.165) is 35.5 Å². The molecule has 0 radical (unpaired) electrons. The Bertz CT molecular complexity index is 796. The minimum atomic E-state index is -3.36. The Morgan fingerprint density at radius 3 is 2.21 bits per heavy atom. The van der Waals surface area contributed by atoms with E-state index in [1.54, 1.807) is 27.8 Å². The summed E-state index contributed by atoms with van der Waals surface area (Å²) in [5, 5.41) is 3.12. The monoisotopic (exact) mass is 364 g/mol. The maximum atomic E-state index is 12.7. The van der Waals surface area contributed by atoms with Gasteiger partial charge in [0.2, 0.25) is 10.0 Å². The van der Waals surface area contributed by atoms with Crippen molar-refractivity contribution in [1.82, 2.24) is 9.29 Å². The maximum absolute atomic E-state index is 12.7. The topological polar surface area (TPSA) is 50.3 Å². The molecule has 1 aromatic heterocycles. The smallest absolute Gasteiger partial charge is 0.241 e. The van der Waals surface area contributed by atoms with Gasteiger partial charge in [-0.05, 0) is 25.0 Å². The summed E-state index contributed by atoms with van der Waals surface area (Å²) in [7, 11) is -3.36. The van der Waals surface area contributed by atoms with Gasteiger partial charge in [0.25, 0.3) is 0 Å². The fourth-order valence-electron chi connectivity index (χ4n) is 2.80. The number of rotatable bonds is 3. The summed E-state index contributed by atoms with van der Waals surface area (Å²) in [6, 6.07) is 7.13. The summed E-state index contributed by atoms with van der Waals surface area (Å²) >= 11 is 1.65. The van der Waals surface area contributed by atoms with E-state index < -0.39 is 10.0 Å². The molecule has 1 aromatic carbocycles. The lowest BCUT2D eigenvalue weighted by atomic mass is 9.98. The van der Waals surface area contributed by atoms with Crippen LogP contribution in [0.5, 0.6) is 0 Å². The molecule has 0 amide bonds. The summed E-state index contributed by atoms with van der Waals surface area (Å²) in [4.78, 5) is 5.07. The normalized spacial score (nSPS) is 17.1. The van der Waals surface area contributed by atoms with Crippen LogP contribution in [0.15, 0.2) is 34.5 Å². The van der Waals surface area contributed by atoms with Crippen molar-refractivity contribution in [3.63, 3.8) is 0 Å². The van der Waals surface area contributed by atoms with Crippen molar-refractivity contribution in [2.45, 2.75) is 50.3 Å². The van der Waals surface area contributed by atoms with E-state index in [1.165, 1.54) is 0 Å². The number of sulfonamides is 1. The zero-order chi connectivity index (χ0) is 17.4. The molecular formula is C18H24N2O2S2. The van der Waals surface area contributed by atoms with Gasteiger partial charge < -0.3 is 0 Å². The van der Waals surface area contributed by atoms with Gasteiger partial charge in [0, 0.05) is 29.4 Å². The lowest BCUT2D eigenvalue weighted by Gasteiger charge is -2.25. The van der Waals surface area contributed by atoms with Crippen LogP contribution in [-0.2, 0) is 15.4 Å². The molecule has 2 aromatic rings. The number of hydrogen-bond donors (Lipinski definition) is 0. The van der Waals surface area contributed by atoms with E-state index in [0.29, 0.717) is 18.0 Å². The molecule has 4 nitrogen and oxygen atoms in total. The second kappa shape index (κ2) is 6.58. The lowest BCUT2D eigenvalue weighted by molar-refractivity contribution is 0.346. The van der Waals surface area contributed by atoms with Crippen LogP contribution < -0.4 is 0 Å². The molecule has 0 N–H and O–H groups in total. The second-order valence-corrected chi connectivity index (χ2v) is 10.1. The molecule has 1 fully saturated rings. The van der Waals surface area contributed by atoms with Gasteiger partial charge in [-0.25, -0.2) is 13.4 Å². The predicted molar refractivity (Wildman–Crippen MR) is 98.9 cm³/mol. The Hall–Kier alpha value is -1.24. The summed E-state index contributed by atoms with van der Waals surface area (Å²) in [6.07, 6.45) is 3.02. The molecule has 0 aliphatic carbocycles. The van der Waals surface area contributed by atoms with Gasteiger partial charge in [-0.2, -0.15) is 4.31 Å². The van der Waals surface area contributed by atoms with Gasteiger partial charge in [-0.1, -0.05) is 39.3 Å². The largest absolute Gasteiger partial charge is 0.243 e. The zero-order valence-electron chi connectivity index (χ0n) is 14.4. The van der Waals surface area contributed by atoms with Gasteiger partial charge in [0.1, 0.15) is 0 Å². The van der Waals surface area contributed by atoms with Gasteiger partial charge >= 0.3 is 0 Å². The minimum Gasteiger partial charge on any atom is -0.241 e. The highest BCUT2D eigenvalue weighted by Crippen LogP contribution is 2.30. The summed E-state index contributed by atoms with van der Waals surface area (Å²) in [6.45, 7) is 7.69. The van der Waals surface area contributed by atoms with E-state index in [9.17, 15) is 8.42 Å². The van der Waals surface area contributed by atoms with Crippen molar-refractivity contribution in [2.24, 2.45) is 0 Å². The number of nitrogens with zero attached hydrogens (tertiary/aromatic N) is 2. The van der Waals surface area contributed by atoms with Gasteiger partial charge in [0.15, 0.2) is 0 Å². The molecule has 6 heteroatoms. The predicted octanol–water partition coefficient (Wildman–Crippen LogP) is 4.28. The van der Waals surface area contributed by atoms with Crippen molar-refractivity contribution in [2.75, 3.05) is 13.1 Å². The Balaban J connectivity index is 1.84. The first-order valence-electron chi connectivity index (χ1n) is 8.35. The van der Waals surface area contributed by atoms with Crippen LogP contribution in [0.1, 0.15) is 45.0 Å². The molecular weight excluding hydrogens is 340 g/mol. The third kappa shape index (κ3) is 3.55. The first kappa shape index (κ1) is 17.6. The highest BCUT2D eigenvalue weighted by Gasteiger charge is 2.26. The Morgan fingerprint density at radius 2 is 1.67 bits per heavy atom.